The van der Waals surface area contributed by atoms with Gasteiger partial charge < -0.3 is 116 Å². The molecule has 4 aliphatic heterocycles. The molecule has 117 heavy (non-hydrogen) atoms. The van der Waals surface area contributed by atoms with Crippen molar-refractivity contribution in [3.05, 3.63) is 83.9 Å². The van der Waals surface area contributed by atoms with E-state index in [1.807, 2.05) is 37.3 Å². The summed E-state index contributed by atoms with van der Waals surface area (Å²) in [6, 6.07) is 2.51. The lowest BCUT2D eigenvalue weighted by atomic mass is 9.92. The second kappa shape index (κ2) is 46.3. The van der Waals surface area contributed by atoms with E-state index in [2.05, 4.69) is 73.1 Å². The molecular formula is C78H118N22O17. The first-order valence-corrected chi connectivity index (χ1v) is 40.2. The van der Waals surface area contributed by atoms with Gasteiger partial charge in [0.25, 0.3) is 0 Å². The van der Waals surface area contributed by atoms with Crippen LogP contribution in [0.1, 0.15) is 167 Å². The Morgan fingerprint density at radius 2 is 1.11 bits per heavy atom. The number of aromatic nitrogens is 2. The van der Waals surface area contributed by atoms with Crippen LogP contribution < -0.4 is 86.6 Å². The van der Waals surface area contributed by atoms with E-state index < -0.39 is 162 Å². The number of aliphatic hydroxyl groups excluding tert-OH is 1. The quantitative estimate of drug-likeness (QED) is 0.0152. The second-order valence-corrected chi connectivity index (χ2v) is 30.6. The Morgan fingerprint density at radius 1 is 0.598 bits per heavy atom. The first-order valence-electron chi connectivity index (χ1n) is 40.2. The van der Waals surface area contributed by atoms with Crippen LogP contribution in [-0.2, 0) is 86.6 Å². The number of aliphatic carboxylic acids is 1. The summed E-state index contributed by atoms with van der Waals surface area (Å²) in [5, 5.41) is 47.8. The summed E-state index contributed by atoms with van der Waals surface area (Å²) < 4.78 is 5.90. The summed E-state index contributed by atoms with van der Waals surface area (Å²) in [4.78, 5) is 215. The van der Waals surface area contributed by atoms with Gasteiger partial charge in [-0.2, -0.15) is 0 Å². The smallest absolute Gasteiger partial charge is 0.329 e. The van der Waals surface area contributed by atoms with Crippen molar-refractivity contribution < 1.29 is 82.1 Å². The van der Waals surface area contributed by atoms with E-state index in [0.29, 0.717) is 68.6 Å². The lowest BCUT2D eigenvalue weighted by Gasteiger charge is -2.33. The minimum Gasteiger partial charge on any atom is -0.489 e. The van der Waals surface area contributed by atoms with E-state index in [0.717, 1.165) is 5.56 Å². The van der Waals surface area contributed by atoms with Crippen LogP contribution in [0.25, 0.3) is 0 Å². The highest BCUT2D eigenvalue weighted by molar-refractivity contribution is 6.00. The third-order valence-electron chi connectivity index (χ3n) is 20.8. The number of guanidine groups is 2. The highest BCUT2D eigenvalue weighted by Crippen LogP contribution is 2.27. The molecule has 39 heteroatoms. The number of ether oxygens (including phenoxy) is 1. The maximum absolute atomic E-state index is 14.6. The Hall–Kier alpha value is -11.5. The molecule has 23 N–H and O–H groups in total. The standard InChI is InChI=1S/C78H118N22O17/c1-5-6-19-54(73(113)100-37-16-25-61(100)72(112)97-78(4,75(115)116)40-47-26-28-50(29-27-47)117-44-48-17-8-7-9-18-48)93-70(110)59-23-14-35-98(59)63(103)42-87-64(104)51(20-10-11-32-79)90-68(108)57(39-49-41-84-45-88-49)95-69(109)58(43-101)96-67(107)56(38-46(2)3)94-65(105)52(21-12-33-85-76(80)81)91-71(111)60-24-15-36-99(60)74(114)55(22-13-34-86-77(82)83)92-66(106)53-30-31-62(102)89-53/h7-9,17-18,26-29,41,45-46,51-61,101H,5-6,10-16,19-25,30-40,42-44,79H2,1-4H3,(H,84,88)(H,87,104)(H,89,102)(H,90,108)(H,91,111)(H,92,106)(H,93,110)(H,94,105)(H,95,109)(H,96,107)(H,97,112)(H,115,116)(H4,80,81,85)(H4,82,83,86)/t51-,52-,53-,54-,55-,56-,57-,58-,59-,60-,61-,78-/m0/s1. The van der Waals surface area contributed by atoms with Crippen LogP contribution in [0.3, 0.4) is 0 Å². The molecule has 4 saturated heterocycles. The van der Waals surface area contributed by atoms with Crippen molar-refractivity contribution in [2.24, 2.45) is 44.6 Å². The van der Waals surface area contributed by atoms with Gasteiger partial charge >= 0.3 is 5.97 Å². The fraction of sp³-hybridized carbons (Fsp3) is 0.603. The van der Waals surface area contributed by atoms with Gasteiger partial charge in [-0.15, -0.1) is 0 Å². The number of hydrogen-bond donors (Lipinski definition) is 18. The molecule has 0 aliphatic carbocycles. The van der Waals surface area contributed by atoms with E-state index in [9.17, 15) is 77.3 Å². The molecule has 39 nitrogen and oxygen atoms in total. The first kappa shape index (κ1) is 92.7. The summed E-state index contributed by atoms with van der Waals surface area (Å²) in [7, 11) is 0. The Kier molecular flexibility index (Phi) is 36.7. The maximum atomic E-state index is 14.6. The van der Waals surface area contributed by atoms with Crippen molar-refractivity contribution in [3.63, 3.8) is 0 Å². The van der Waals surface area contributed by atoms with E-state index >= 15 is 0 Å². The SMILES string of the molecule is CCCC[C@H](NC(=O)[C@@H]1CCCN1C(=O)CNC(=O)[C@H](CCCCN)NC(=O)[C@H](Cc1cnc[nH]1)NC(=O)[C@H](CO)NC(=O)[C@H](CC(C)C)NC(=O)[C@H](CCCN=C(N)N)NC(=O)[C@@H]1CCCN1C(=O)[C@H](CCCN=C(N)N)NC(=O)[C@@H]1CCC(=O)N1)C(=O)N1CCC[C@H]1C(=O)N[C@@](C)(Cc1ccc(OCc2ccccc2)cc1)C(=O)O. The number of imidazole rings is 1. The summed E-state index contributed by atoms with van der Waals surface area (Å²) >= 11 is 0. The van der Waals surface area contributed by atoms with Crippen LogP contribution >= 0.6 is 0 Å². The van der Waals surface area contributed by atoms with Crippen molar-refractivity contribution in [2.45, 2.75) is 241 Å². The van der Waals surface area contributed by atoms with Gasteiger partial charge in [-0.05, 0) is 145 Å². The van der Waals surface area contributed by atoms with Crippen LogP contribution in [0, 0.1) is 5.92 Å². The molecule has 0 radical (unpaired) electrons. The molecule has 13 amide bonds. The average molecular weight is 1640 g/mol. The zero-order valence-electron chi connectivity index (χ0n) is 67.1. The lowest BCUT2D eigenvalue weighted by molar-refractivity contribution is -0.149. The van der Waals surface area contributed by atoms with Crippen LogP contribution in [0.2, 0.25) is 0 Å². The highest BCUT2D eigenvalue weighted by Gasteiger charge is 2.45. The molecular weight excluding hydrogens is 1520 g/mol. The van der Waals surface area contributed by atoms with Crippen molar-refractivity contribution in [2.75, 3.05) is 52.4 Å². The molecule has 4 aliphatic rings. The summed E-state index contributed by atoms with van der Waals surface area (Å²) in [6.45, 7) is 6.15. The minimum absolute atomic E-state index is 0.0123. The monoisotopic (exact) mass is 1630 g/mol. The zero-order chi connectivity index (χ0) is 85.3. The van der Waals surface area contributed by atoms with E-state index in [1.54, 1.807) is 38.1 Å². The number of nitrogens with two attached hydrogens (primary N) is 5. The molecule has 0 saturated carbocycles. The number of unbranched alkanes of at least 4 members (excludes halogenated alkanes) is 2. The van der Waals surface area contributed by atoms with Gasteiger partial charge in [0.2, 0.25) is 76.8 Å². The number of nitrogens with zero attached hydrogens (tertiary/aromatic N) is 6. The highest BCUT2D eigenvalue weighted by atomic mass is 16.5. The van der Waals surface area contributed by atoms with Gasteiger partial charge in [-0.1, -0.05) is 76.1 Å². The number of benzene rings is 2. The number of hydrogen-bond acceptors (Lipinski definition) is 20. The van der Waals surface area contributed by atoms with Gasteiger partial charge in [0.1, 0.15) is 84.4 Å². The Morgan fingerprint density at radius 3 is 1.67 bits per heavy atom. The summed E-state index contributed by atoms with van der Waals surface area (Å²) in [5.74, 6) is -10.9. The van der Waals surface area contributed by atoms with Crippen LogP contribution in [0.4, 0.5) is 0 Å². The molecule has 1 aromatic heterocycles. The molecule has 12 atom stereocenters. The molecule has 7 rings (SSSR count). The molecule has 3 aromatic rings. The maximum Gasteiger partial charge on any atom is 0.329 e. The van der Waals surface area contributed by atoms with Crippen molar-refractivity contribution in [1.82, 2.24) is 77.8 Å². The summed E-state index contributed by atoms with van der Waals surface area (Å²) in [5.41, 5.74) is 28.1. The molecule has 0 spiro atoms. The number of nitrogens with one attached hydrogen (secondary N) is 11. The number of likely N-dealkylation sites (tertiary alicyclic amines) is 3. The lowest BCUT2D eigenvalue weighted by Crippen LogP contribution is -2.61. The van der Waals surface area contributed by atoms with Crippen molar-refractivity contribution >= 4 is 94.7 Å². The zero-order valence-corrected chi connectivity index (χ0v) is 67.1. The van der Waals surface area contributed by atoms with E-state index in [-0.39, 0.29) is 153 Å². The third-order valence-corrected chi connectivity index (χ3v) is 20.8. The number of carboxylic acid groups (broad SMARTS) is 1. The summed E-state index contributed by atoms with van der Waals surface area (Å²) in [6.07, 6.45) is 6.70. The van der Waals surface area contributed by atoms with Gasteiger partial charge in [0.15, 0.2) is 11.9 Å². The normalized spacial score (nSPS) is 18.7. The number of aliphatic hydroxyl groups is 1. The van der Waals surface area contributed by atoms with Gasteiger partial charge in [0.05, 0.1) is 19.5 Å². The molecule has 0 bridgehead atoms. The largest absolute Gasteiger partial charge is 0.489 e. The predicted molar refractivity (Wildman–Crippen MR) is 428 cm³/mol. The molecule has 5 heterocycles. The molecule has 4 fully saturated rings. The first-order chi connectivity index (χ1) is 55.9. The van der Waals surface area contributed by atoms with Crippen LogP contribution in [0.15, 0.2) is 77.1 Å². The van der Waals surface area contributed by atoms with Crippen molar-refractivity contribution in [3.8, 4) is 5.75 Å². The van der Waals surface area contributed by atoms with Gasteiger partial charge in [0, 0.05) is 63.9 Å². The van der Waals surface area contributed by atoms with Crippen LogP contribution in [-0.4, -0.2) is 254 Å². The fourth-order valence-corrected chi connectivity index (χ4v) is 14.5. The molecule has 2 aromatic carbocycles. The number of H-pyrrole nitrogens is 1. The van der Waals surface area contributed by atoms with Gasteiger partial charge in [-0.3, -0.25) is 72.3 Å². The third kappa shape index (κ3) is 28.7. The van der Waals surface area contributed by atoms with E-state index in [1.165, 1.54) is 34.1 Å². The number of carboxylic acids is 1. The van der Waals surface area contributed by atoms with Crippen LogP contribution in [0.5, 0.6) is 5.75 Å². The van der Waals surface area contributed by atoms with E-state index in [4.69, 9.17) is 33.4 Å². The topological polar surface area (TPSA) is 602 Å². The number of amides is 13. The fourth-order valence-electron chi connectivity index (χ4n) is 14.5. The number of rotatable bonds is 47. The average Bonchev–Trinajstić information content (AvgIpc) is 1.78. The van der Waals surface area contributed by atoms with Gasteiger partial charge in [-0.25, -0.2) is 9.78 Å². The minimum atomic E-state index is -1.79. The number of carbonyl (C=O) groups is 14. The molecule has 0 unspecified atom stereocenters. The Bertz CT molecular complexity index is 3940. The molecule has 642 valence electrons. The number of carbonyl (C=O) groups excluding carboxylic acids is 13. The Balaban J connectivity index is 0.975. The Labute approximate surface area is 679 Å². The predicted octanol–water partition coefficient (Wildman–Crippen LogP) is -3.04. The van der Waals surface area contributed by atoms with Crippen molar-refractivity contribution in [1.29, 1.82) is 0 Å². The second-order valence-electron chi connectivity index (χ2n) is 30.6. The number of aliphatic imine (C=N–C) groups is 2. The number of aromatic amines is 1.